The van der Waals surface area contributed by atoms with Gasteiger partial charge >= 0.3 is 5.97 Å². The number of carbonyl (C=O) groups is 1. The third-order valence-corrected chi connectivity index (χ3v) is 2.97. The van der Waals surface area contributed by atoms with Crippen molar-refractivity contribution in [2.24, 2.45) is 0 Å². The molecule has 1 atom stereocenters. The maximum atomic E-state index is 11.7. The van der Waals surface area contributed by atoms with E-state index in [-0.39, 0.29) is 18.5 Å². The molecular formula is C15H24N2O2. The van der Waals surface area contributed by atoms with Crippen molar-refractivity contribution in [3.8, 4) is 0 Å². The second kappa shape index (κ2) is 8.51. The monoisotopic (exact) mass is 264 g/mol. The Kier molecular flexibility index (Phi) is 6.93. The molecule has 0 aromatic carbocycles. The summed E-state index contributed by atoms with van der Waals surface area (Å²) in [6.45, 7) is 4.13. The summed E-state index contributed by atoms with van der Waals surface area (Å²) >= 11 is 0. The molecule has 0 amide bonds. The fraction of sp³-hybridized carbons (Fsp3) is 0.600. The number of aromatic nitrogens is 1. The van der Waals surface area contributed by atoms with E-state index >= 15 is 0 Å². The molecule has 0 fully saturated rings. The smallest absolute Gasteiger partial charge is 0.312 e. The highest BCUT2D eigenvalue weighted by molar-refractivity contribution is 5.72. The molecule has 0 aliphatic heterocycles. The van der Waals surface area contributed by atoms with Gasteiger partial charge in [-0.15, -0.1) is 0 Å². The third-order valence-electron chi connectivity index (χ3n) is 2.97. The Morgan fingerprint density at radius 3 is 2.79 bits per heavy atom. The van der Waals surface area contributed by atoms with Crippen LogP contribution in [-0.2, 0) is 16.0 Å². The molecule has 0 bridgehead atoms. The van der Waals surface area contributed by atoms with Gasteiger partial charge in [-0.25, -0.2) is 0 Å². The maximum Gasteiger partial charge on any atom is 0.312 e. The van der Waals surface area contributed by atoms with E-state index in [0.29, 0.717) is 11.4 Å². The van der Waals surface area contributed by atoms with Gasteiger partial charge in [-0.1, -0.05) is 26.2 Å². The Morgan fingerprint density at radius 2 is 2.16 bits per heavy atom. The van der Waals surface area contributed by atoms with Crippen LogP contribution in [0.25, 0.3) is 0 Å². The summed E-state index contributed by atoms with van der Waals surface area (Å²) in [5.41, 5.74) is 6.83. The molecule has 1 rings (SSSR count). The normalized spacial score (nSPS) is 12.1. The van der Waals surface area contributed by atoms with Crippen molar-refractivity contribution in [2.75, 3.05) is 5.73 Å². The number of hydrogen-bond acceptors (Lipinski definition) is 4. The molecule has 4 nitrogen and oxygen atoms in total. The topological polar surface area (TPSA) is 65.2 Å². The Balaban J connectivity index is 2.24. The van der Waals surface area contributed by atoms with Crippen molar-refractivity contribution in [1.82, 2.24) is 4.98 Å². The number of nitrogens with two attached hydrogens (primary N) is 1. The van der Waals surface area contributed by atoms with Gasteiger partial charge in [-0.05, 0) is 31.9 Å². The van der Waals surface area contributed by atoms with Crippen LogP contribution >= 0.6 is 0 Å². The van der Waals surface area contributed by atoms with Gasteiger partial charge in [0.25, 0.3) is 0 Å². The quantitative estimate of drug-likeness (QED) is 0.578. The van der Waals surface area contributed by atoms with Gasteiger partial charge in [0.05, 0.1) is 30.1 Å². The molecule has 19 heavy (non-hydrogen) atoms. The highest BCUT2D eigenvalue weighted by Gasteiger charge is 2.10. The zero-order chi connectivity index (χ0) is 14.1. The van der Waals surface area contributed by atoms with Crippen LogP contribution in [0.3, 0.4) is 0 Å². The van der Waals surface area contributed by atoms with Crippen LogP contribution in [0.5, 0.6) is 0 Å². The maximum absolute atomic E-state index is 11.7. The number of rotatable bonds is 8. The average Bonchev–Trinajstić information content (AvgIpc) is 2.37. The van der Waals surface area contributed by atoms with Crippen LogP contribution in [0.4, 0.5) is 5.69 Å². The molecule has 0 saturated heterocycles. The average molecular weight is 264 g/mol. The highest BCUT2D eigenvalue weighted by Crippen LogP contribution is 2.09. The number of pyridine rings is 1. The molecule has 4 heteroatoms. The van der Waals surface area contributed by atoms with Gasteiger partial charge in [-0.3, -0.25) is 9.78 Å². The lowest BCUT2D eigenvalue weighted by Crippen LogP contribution is -2.17. The number of anilines is 1. The van der Waals surface area contributed by atoms with Gasteiger partial charge in [0, 0.05) is 0 Å². The summed E-state index contributed by atoms with van der Waals surface area (Å²) in [6.07, 6.45) is 7.46. The Morgan fingerprint density at radius 1 is 1.37 bits per heavy atom. The molecule has 1 aromatic rings. The van der Waals surface area contributed by atoms with E-state index < -0.39 is 0 Å². The second-order valence-electron chi connectivity index (χ2n) is 4.91. The van der Waals surface area contributed by atoms with E-state index in [0.717, 1.165) is 12.8 Å². The van der Waals surface area contributed by atoms with Gasteiger partial charge in [0.2, 0.25) is 0 Å². The molecule has 1 heterocycles. The van der Waals surface area contributed by atoms with Gasteiger partial charge in [0.1, 0.15) is 0 Å². The second-order valence-corrected chi connectivity index (χ2v) is 4.91. The Bertz CT molecular complexity index is 376. The first-order valence-corrected chi connectivity index (χ1v) is 7.01. The fourth-order valence-electron chi connectivity index (χ4n) is 1.87. The number of hydrogen-bond donors (Lipinski definition) is 1. The van der Waals surface area contributed by atoms with Crippen LogP contribution in [0.1, 0.15) is 51.6 Å². The first-order valence-electron chi connectivity index (χ1n) is 7.01. The van der Waals surface area contributed by atoms with E-state index in [1.165, 1.54) is 19.3 Å². The summed E-state index contributed by atoms with van der Waals surface area (Å²) in [4.78, 5) is 15.8. The summed E-state index contributed by atoms with van der Waals surface area (Å²) in [5.74, 6) is -0.222. The van der Waals surface area contributed by atoms with Crippen LogP contribution in [0.15, 0.2) is 18.3 Å². The van der Waals surface area contributed by atoms with E-state index in [4.69, 9.17) is 10.5 Å². The van der Waals surface area contributed by atoms with Crippen molar-refractivity contribution in [3.05, 3.63) is 24.0 Å². The van der Waals surface area contributed by atoms with E-state index in [1.807, 2.05) is 6.92 Å². The van der Waals surface area contributed by atoms with Crippen molar-refractivity contribution >= 4 is 11.7 Å². The highest BCUT2D eigenvalue weighted by atomic mass is 16.5. The number of unbranched alkanes of at least 4 members (excludes halogenated alkanes) is 3. The molecule has 0 radical (unpaired) electrons. The van der Waals surface area contributed by atoms with E-state index in [1.54, 1.807) is 18.3 Å². The van der Waals surface area contributed by atoms with Crippen molar-refractivity contribution in [1.29, 1.82) is 0 Å². The number of nitrogen functional groups attached to an aromatic ring is 1. The third kappa shape index (κ3) is 6.79. The molecular weight excluding hydrogens is 240 g/mol. The van der Waals surface area contributed by atoms with Gasteiger partial charge in [-0.2, -0.15) is 0 Å². The van der Waals surface area contributed by atoms with Gasteiger partial charge in [0.15, 0.2) is 0 Å². The molecule has 2 N–H and O–H groups in total. The molecule has 1 aromatic heterocycles. The predicted octanol–water partition coefficient (Wildman–Crippen LogP) is 3.11. The van der Waals surface area contributed by atoms with Crippen LogP contribution in [0, 0.1) is 0 Å². The minimum atomic E-state index is -0.222. The number of carbonyl (C=O) groups excluding carboxylic acids is 1. The standard InChI is InChI=1S/C15H24N2O2/c1-3-4-5-6-7-12(2)19-15(18)10-14-9-8-13(16)11-17-14/h8-9,11-12H,3-7,10,16H2,1-2H3. The number of ether oxygens (including phenoxy) is 1. The zero-order valence-electron chi connectivity index (χ0n) is 11.9. The SMILES string of the molecule is CCCCCCC(C)OC(=O)Cc1ccc(N)cn1. The van der Waals surface area contributed by atoms with Crippen LogP contribution in [0.2, 0.25) is 0 Å². The van der Waals surface area contributed by atoms with Crippen molar-refractivity contribution in [2.45, 2.75) is 58.5 Å². The minimum absolute atomic E-state index is 0.0156. The summed E-state index contributed by atoms with van der Waals surface area (Å²) in [5, 5.41) is 0. The lowest BCUT2D eigenvalue weighted by Gasteiger charge is -2.12. The van der Waals surface area contributed by atoms with Crippen LogP contribution < -0.4 is 5.73 Å². The van der Waals surface area contributed by atoms with Gasteiger partial charge < -0.3 is 10.5 Å². The molecule has 1 unspecified atom stereocenters. The van der Waals surface area contributed by atoms with Crippen LogP contribution in [-0.4, -0.2) is 17.1 Å². The first kappa shape index (κ1) is 15.5. The summed E-state index contributed by atoms with van der Waals surface area (Å²) in [6, 6.07) is 3.49. The fourth-order valence-corrected chi connectivity index (χ4v) is 1.87. The molecule has 0 aliphatic carbocycles. The first-order chi connectivity index (χ1) is 9.11. The summed E-state index contributed by atoms with van der Waals surface area (Å²) in [7, 11) is 0. The molecule has 106 valence electrons. The van der Waals surface area contributed by atoms with E-state index in [2.05, 4.69) is 11.9 Å². The molecule has 0 aliphatic rings. The number of esters is 1. The predicted molar refractivity (Wildman–Crippen MR) is 76.7 cm³/mol. The Hall–Kier alpha value is -1.58. The van der Waals surface area contributed by atoms with Crippen molar-refractivity contribution < 1.29 is 9.53 Å². The van der Waals surface area contributed by atoms with Crippen molar-refractivity contribution in [3.63, 3.8) is 0 Å². The molecule has 0 saturated carbocycles. The minimum Gasteiger partial charge on any atom is -0.462 e. The lowest BCUT2D eigenvalue weighted by molar-refractivity contribution is -0.147. The largest absolute Gasteiger partial charge is 0.462 e. The number of nitrogens with zero attached hydrogens (tertiary/aromatic N) is 1. The lowest BCUT2D eigenvalue weighted by atomic mass is 10.1. The zero-order valence-corrected chi connectivity index (χ0v) is 11.9. The van der Waals surface area contributed by atoms with E-state index in [9.17, 15) is 4.79 Å². The Labute approximate surface area is 115 Å². The summed E-state index contributed by atoms with van der Waals surface area (Å²) < 4.78 is 5.35. The molecule has 0 spiro atoms.